The van der Waals surface area contributed by atoms with Crippen LogP contribution in [-0.2, 0) is 54.1 Å². The van der Waals surface area contributed by atoms with Crippen LogP contribution in [0.2, 0.25) is 0 Å². The van der Waals surface area contributed by atoms with Gasteiger partial charge in [0.1, 0.15) is 67.5 Å². The van der Waals surface area contributed by atoms with Crippen LogP contribution in [0, 0.1) is 36.5 Å². The van der Waals surface area contributed by atoms with Gasteiger partial charge in [-0.25, -0.2) is 0 Å². The molecule has 0 heterocycles. The predicted octanol–water partition coefficient (Wildman–Crippen LogP) is 15.5. The number of hydrogen-bond donors (Lipinski definition) is 1. The Morgan fingerprint density at radius 1 is 0.330 bits per heavy atom. The number of alkyl halides is 2. The zero-order chi connectivity index (χ0) is 71.0. The Morgan fingerprint density at radius 2 is 0.540 bits per heavy atom. The molecule has 0 fully saturated rings. The van der Waals surface area contributed by atoms with Gasteiger partial charge < -0.3 is 71.4 Å². The zero-order valence-corrected chi connectivity index (χ0v) is 64.2. The molecule has 1 N–H and O–H groups in total. The maximum atomic E-state index is 8.63. The molecule has 0 amide bonds. The topological polar surface area (TPSA) is 149 Å². The number of aliphatic hydroxyl groups excluding tert-OH is 1. The summed E-state index contributed by atoms with van der Waals surface area (Å²) in [4.78, 5) is 0. The van der Waals surface area contributed by atoms with Crippen molar-refractivity contribution in [1.29, 1.82) is 0 Å². The van der Waals surface area contributed by atoms with Crippen LogP contribution in [0.4, 0.5) is 0 Å². The standard InChI is InChI=1S/C28H37ClO5.C28H38O5.C25H35ClO5.2H2S/c1-5-14-30-15-16-31-17-18-32-19-20-33-26-10-6-24(7-11-26)28(3,4)25-8-12-27(13-9-25)34-22-23(2)21-29;1-5-7-17-32-26-12-8-24(9-13-26)28(3,4)25-10-14-27(15-11-25)33-23-22-31-21-20-30-19-18-29-16-6-2;1-20(18-26)19-31-24-10-6-22(7-11-24)25(2,3)21-4-8-23(9-5-21)30-17-16-29-15-14-28-13-12-27;;/h1,6-13,23H,14-22H2,2-4H3;2,8-15H,5,7,16-23H2,1,3-4H3;4-11,20,27H,12-19H2,1-3H3;2*1H2/t23-;;20-;;/m1.1../s1. The number of halogens is 2. The van der Waals surface area contributed by atoms with Gasteiger partial charge in [0.05, 0.1) is 119 Å². The highest BCUT2D eigenvalue weighted by molar-refractivity contribution is 7.59. The largest absolute Gasteiger partial charge is 0.494 e. The molecule has 0 aliphatic carbocycles. The van der Waals surface area contributed by atoms with Gasteiger partial charge in [0.25, 0.3) is 0 Å². The maximum absolute atomic E-state index is 8.63. The second-order valence-electron chi connectivity index (χ2n) is 24.8. The molecule has 0 radical (unpaired) electrons. The Bertz CT molecular complexity index is 3050. The summed E-state index contributed by atoms with van der Waals surface area (Å²) in [6.45, 7) is 30.6. The van der Waals surface area contributed by atoms with Crippen molar-refractivity contribution < 1.29 is 71.4 Å². The monoisotopic (exact) mass is 1460 g/mol. The third kappa shape index (κ3) is 36.3. The first-order valence-corrected chi connectivity index (χ1v) is 35.2. The van der Waals surface area contributed by atoms with Crippen molar-refractivity contribution in [3.63, 3.8) is 0 Å². The van der Waals surface area contributed by atoms with Gasteiger partial charge >= 0.3 is 0 Å². The number of aliphatic hydroxyl groups is 1. The molecular formula is C81H114Cl2O15S2. The molecule has 0 aliphatic rings. The summed E-state index contributed by atoms with van der Waals surface area (Å²) in [5.41, 5.74) is 6.94. The van der Waals surface area contributed by atoms with E-state index < -0.39 is 0 Å². The first kappa shape index (κ1) is 90.2. The minimum Gasteiger partial charge on any atom is -0.494 e. The second-order valence-corrected chi connectivity index (χ2v) is 25.4. The van der Waals surface area contributed by atoms with Gasteiger partial charge in [0, 0.05) is 39.8 Å². The molecule has 0 saturated carbocycles. The molecule has 0 spiro atoms. The van der Waals surface area contributed by atoms with Crippen molar-refractivity contribution in [3.8, 4) is 59.2 Å². The summed E-state index contributed by atoms with van der Waals surface area (Å²) in [6, 6.07) is 49.7. The van der Waals surface area contributed by atoms with Gasteiger partial charge in [-0.2, -0.15) is 27.0 Å². The fourth-order valence-corrected chi connectivity index (χ4v) is 9.57. The molecule has 0 aliphatic heterocycles. The summed E-state index contributed by atoms with van der Waals surface area (Å²) in [5, 5.41) is 8.63. The first-order valence-electron chi connectivity index (χ1n) is 34.1. The van der Waals surface area contributed by atoms with E-state index in [0.29, 0.717) is 162 Å². The molecule has 19 heteroatoms. The number of rotatable bonds is 49. The Morgan fingerprint density at radius 3 is 0.760 bits per heavy atom. The molecule has 6 aromatic carbocycles. The Hall–Kier alpha value is -5.84. The van der Waals surface area contributed by atoms with Crippen molar-refractivity contribution in [3.05, 3.63) is 179 Å². The summed E-state index contributed by atoms with van der Waals surface area (Å²) < 4.78 is 77.4. The third-order valence-electron chi connectivity index (χ3n) is 15.8. The van der Waals surface area contributed by atoms with Crippen molar-refractivity contribution >= 4 is 50.2 Å². The summed E-state index contributed by atoms with van der Waals surface area (Å²) in [5.74, 6) is 11.8. The molecule has 6 aromatic rings. The smallest absolute Gasteiger partial charge is 0.119 e. The van der Waals surface area contributed by atoms with Gasteiger partial charge in [-0.05, 0) is 113 Å². The highest BCUT2D eigenvalue weighted by atomic mass is 35.5. The molecule has 15 nitrogen and oxygen atoms in total. The molecule has 0 bridgehead atoms. The number of ether oxygens (including phenoxy) is 14. The van der Waals surface area contributed by atoms with Gasteiger partial charge in [-0.15, -0.1) is 36.0 Å². The Labute approximate surface area is 623 Å². The minimum absolute atomic E-state index is 0. The fraction of sp³-hybridized carbons (Fsp3) is 0.506. The Balaban J connectivity index is 0.000000506. The van der Waals surface area contributed by atoms with E-state index in [0.717, 1.165) is 53.9 Å². The van der Waals surface area contributed by atoms with E-state index in [4.69, 9.17) is 107 Å². The van der Waals surface area contributed by atoms with Gasteiger partial charge in [-0.1, -0.05) is 153 Å². The highest BCUT2D eigenvalue weighted by Crippen LogP contribution is 2.36. The molecule has 6 rings (SSSR count). The van der Waals surface area contributed by atoms with Crippen molar-refractivity contribution in [2.24, 2.45) is 11.8 Å². The van der Waals surface area contributed by atoms with E-state index in [2.05, 4.69) is 159 Å². The lowest BCUT2D eigenvalue weighted by Crippen LogP contribution is -2.19. The van der Waals surface area contributed by atoms with Crippen molar-refractivity contribution in [1.82, 2.24) is 0 Å². The maximum Gasteiger partial charge on any atom is 0.119 e. The SMILES string of the molecule is C#CCOCCOCCOCCOc1ccc(C(C)(C)c2ccc(OCCCC)cc2)cc1.C#CCOCCOCCOCCOc1ccc(C(C)(C)c2ccc(OC[C@H](C)CCl)cc2)cc1.C[C@H](CCl)COc1ccc(C(C)(C)c2ccc(OCCOCCOCCO)cc2)cc1.S.S. The van der Waals surface area contributed by atoms with Crippen LogP contribution in [0.25, 0.3) is 0 Å². The quantitative estimate of drug-likeness (QED) is 0.0219. The van der Waals surface area contributed by atoms with Crippen LogP contribution >= 0.6 is 50.2 Å². The highest BCUT2D eigenvalue weighted by Gasteiger charge is 2.26. The molecule has 2 atom stereocenters. The van der Waals surface area contributed by atoms with Gasteiger partial charge in [0.2, 0.25) is 0 Å². The van der Waals surface area contributed by atoms with Gasteiger partial charge in [0.15, 0.2) is 0 Å². The minimum atomic E-state index is -0.143. The third-order valence-corrected chi connectivity index (χ3v) is 16.8. The lowest BCUT2D eigenvalue weighted by atomic mass is 9.78. The lowest BCUT2D eigenvalue weighted by Gasteiger charge is -2.26. The Kier molecular flexibility index (Phi) is 48.6. The number of unbranched alkanes of at least 4 members (excludes halogenated alkanes) is 1. The fourth-order valence-electron chi connectivity index (χ4n) is 9.39. The van der Waals surface area contributed by atoms with Crippen LogP contribution < -0.4 is 28.4 Å². The van der Waals surface area contributed by atoms with E-state index >= 15 is 0 Å². The summed E-state index contributed by atoms with van der Waals surface area (Å²) >= 11 is 11.7. The molecule has 100 heavy (non-hydrogen) atoms. The molecule has 0 unspecified atom stereocenters. The van der Waals surface area contributed by atoms with Crippen LogP contribution in [-0.4, -0.2) is 169 Å². The predicted molar refractivity (Wildman–Crippen MR) is 415 cm³/mol. The second kappa shape index (κ2) is 53.9. The molecule has 554 valence electrons. The van der Waals surface area contributed by atoms with E-state index in [9.17, 15) is 0 Å². The molecular weight excluding hydrogens is 1350 g/mol. The normalized spacial score (nSPS) is 11.7. The molecule has 0 aromatic heterocycles. The van der Waals surface area contributed by atoms with E-state index in [1.807, 2.05) is 60.7 Å². The number of benzene rings is 6. The number of terminal acetylenes is 2. The van der Waals surface area contributed by atoms with Crippen LogP contribution in [0.3, 0.4) is 0 Å². The van der Waals surface area contributed by atoms with Crippen LogP contribution in [0.15, 0.2) is 146 Å². The van der Waals surface area contributed by atoms with E-state index in [1.54, 1.807) is 0 Å². The van der Waals surface area contributed by atoms with E-state index in [1.165, 1.54) is 33.4 Å². The average Bonchev–Trinajstić information content (AvgIpc) is 0.820. The zero-order valence-electron chi connectivity index (χ0n) is 60.7. The van der Waals surface area contributed by atoms with Crippen molar-refractivity contribution in [2.45, 2.75) is 91.4 Å². The summed E-state index contributed by atoms with van der Waals surface area (Å²) in [7, 11) is 0. The van der Waals surface area contributed by atoms with Crippen LogP contribution in [0.5, 0.6) is 34.5 Å². The van der Waals surface area contributed by atoms with Crippen LogP contribution in [0.1, 0.15) is 109 Å². The lowest BCUT2D eigenvalue weighted by molar-refractivity contribution is 0.0142. The van der Waals surface area contributed by atoms with Crippen molar-refractivity contribution in [2.75, 3.05) is 164 Å². The van der Waals surface area contributed by atoms with Gasteiger partial charge in [-0.3, -0.25) is 0 Å². The average molecular weight is 1460 g/mol. The first-order chi connectivity index (χ1) is 47.5. The molecule has 0 saturated heterocycles. The van der Waals surface area contributed by atoms with E-state index in [-0.39, 0.29) is 49.8 Å². The number of hydrogen-bond acceptors (Lipinski definition) is 15. The summed E-state index contributed by atoms with van der Waals surface area (Å²) in [6.07, 6.45) is 12.4.